The molecule has 0 fully saturated rings. The second kappa shape index (κ2) is 6.52. The molecule has 0 aliphatic carbocycles. The molecule has 0 aliphatic heterocycles. The fourth-order valence-electron chi connectivity index (χ4n) is 1.70. The van der Waals surface area contributed by atoms with Crippen molar-refractivity contribution >= 4 is 60.5 Å². The van der Waals surface area contributed by atoms with Gasteiger partial charge in [-0.15, -0.1) is 11.3 Å². The van der Waals surface area contributed by atoms with E-state index in [4.69, 9.17) is 23.2 Å². The molecule has 0 saturated carbocycles. The van der Waals surface area contributed by atoms with E-state index in [0.29, 0.717) is 9.48 Å². The van der Waals surface area contributed by atoms with Crippen LogP contribution >= 0.6 is 50.5 Å². The van der Waals surface area contributed by atoms with Crippen LogP contribution in [0.5, 0.6) is 0 Å². The summed E-state index contributed by atoms with van der Waals surface area (Å²) >= 11 is 16.6. The summed E-state index contributed by atoms with van der Waals surface area (Å²) < 4.78 is 28.1. The van der Waals surface area contributed by atoms with Gasteiger partial charge in [-0.2, -0.15) is 0 Å². The van der Waals surface area contributed by atoms with Gasteiger partial charge < -0.3 is 0 Å². The van der Waals surface area contributed by atoms with Crippen molar-refractivity contribution in [1.29, 1.82) is 0 Å². The molecule has 114 valence electrons. The Morgan fingerprint density at radius 3 is 2.38 bits per heavy atom. The van der Waals surface area contributed by atoms with Crippen molar-refractivity contribution in [2.24, 2.45) is 0 Å². The van der Waals surface area contributed by atoms with Gasteiger partial charge in [0.05, 0.1) is 16.1 Å². The monoisotopic (exact) mass is 428 g/mol. The Bertz CT molecular complexity index is 754. The van der Waals surface area contributed by atoms with E-state index in [9.17, 15) is 8.42 Å². The van der Waals surface area contributed by atoms with Crippen LogP contribution in [-0.2, 0) is 10.0 Å². The van der Waals surface area contributed by atoms with Crippen LogP contribution in [0.3, 0.4) is 0 Å². The lowest BCUT2D eigenvalue weighted by molar-refractivity contribution is 0.566. The first-order chi connectivity index (χ1) is 9.70. The van der Waals surface area contributed by atoms with Crippen molar-refractivity contribution in [2.75, 3.05) is 0 Å². The number of aromatic nitrogens is 1. The average Bonchev–Trinajstić information content (AvgIpc) is 2.73. The Kier molecular flexibility index (Phi) is 5.33. The van der Waals surface area contributed by atoms with Crippen LogP contribution in [0.15, 0.2) is 26.9 Å². The molecule has 0 spiro atoms. The summed E-state index contributed by atoms with van der Waals surface area (Å²) in [5.74, 6) is 0. The number of nitrogens with zero attached hydrogens (tertiary/aromatic N) is 1. The van der Waals surface area contributed by atoms with Crippen LogP contribution in [0, 0.1) is 6.92 Å². The highest BCUT2D eigenvalue weighted by Gasteiger charge is 2.25. The standard InChI is InChI=1S/C12H11BrCl2N2O2S2/c1-6-5-20-12(16-6)7(2)17-21(18,19)11-9(14)3-8(13)4-10(11)15/h3-5,7,17H,1-2H3. The minimum Gasteiger partial charge on any atom is -0.245 e. The Hall–Kier alpha value is -0.180. The number of sulfonamides is 1. The zero-order chi connectivity index (χ0) is 15.8. The summed E-state index contributed by atoms with van der Waals surface area (Å²) in [4.78, 5) is 4.14. The van der Waals surface area contributed by atoms with Gasteiger partial charge >= 0.3 is 0 Å². The van der Waals surface area contributed by atoms with Crippen molar-refractivity contribution in [3.63, 3.8) is 0 Å². The molecule has 1 aromatic heterocycles. The molecule has 4 nitrogen and oxygen atoms in total. The summed E-state index contributed by atoms with van der Waals surface area (Å²) in [6.45, 7) is 3.57. The lowest BCUT2D eigenvalue weighted by Crippen LogP contribution is -2.27. The van der Waals surface area contributed by atoms with Crippen LogP contribution in [0.4, 0.5) is 0 Å². The van der Waals surface area contributed by atoms with Gasteiger partial charge in [-0.1, -0.05) is 39.1 Å². The Labute approximate surface area is 145 Å². The maximum absolute atomic E-state index is 12.5. The molecule has 0 bridgehead atoms. The predicted molar refractivity (Wildman–Crippen MR) is 89.7 cm³/mol. The van der Waals surface area contributed by atoms with Gasteiger partial charge in [-0.25, -0.2) is 18.1 Å². The lowest BCUT2D eigenvalue weighted by atomic mass is 10.4. The second-order valence-corrected chi connectivity index (χ2v) is 8.64. The van der Waals surface area contributed by atoms with Crippen LogP contribution in [0.2, 0.25) is 10.0 Å². The van der Waals surface area contributed by atoms with Crippen LogP contribution in [0.25, 0.3) is 0 Å². The van der Waals surface area contributed by atoms with E-state index < -0.39 is 16.1 Å². The molecule has 0 amide bonds. The zero-order valence-electron chi connectivity index (χ0n) is 11.0. The van der Waals surface area contributed by atoms with E-state index in [0.717, 1.165) is 5.69 Å². The molecule has 1 aromatic carbocycles. The Morgan fingerprint density at radius 1 is 1.33 bits per heavy atom. The molecule has 1 unspecified atom stereocenters. The minimum atomic E-state index is -3.84. The number of aryl methyl sites for hydroxylation is 1. The first-order valence-corrected chi connectivity index (χ1v) is 9.71. The minimum absolute atomic E-state index is 0.0596. The number of hydrogen-bond donors (Lipinski definition) is 1. The fourth-order valence-corrected chi connectivity index (χ4v) is 5.72. The van der Waals surface area contributed by atoms with Crippen molar-refractivity contribution in [1.82, 2.24) is 9.71 Å². The maximum Gasteiger partial charge on any atom is 0.244 e. The SMILES string of the molecule is Cc1csc(C(C)NS(=O)(=O)c2c(Cl)cc(Br)cc2Cl)n1. The Morgan fingerprint density at radius 2 is 1.90 bits per heavy atom. The van der Waals surface area contributed by atoms with Gasteiger partial charge in [-0.05, 0) is 26.0 Å². The smallest absolute Gasteiger partial charge is 0.244 e. The lowest BCUT2D eigenvalue weighted by Gasteiger charge is -2.14. The number of nitrogens with one attached hydrogen (secondary N) is 1. The molecule has 1 atom stereocenters. The number of benzene rings is 1. The third kappa shape index (κ3) is 3.97. The second-order valence-electron chi connectivity index (χ2n) is 4.37. The maximum atomic E-state index is 12.5. The van der Waals surface area contributed by atoms with Gasteiger partial charge in [0.1, 0.15) is 9.90 Å². The molecule has 0 aliphatic rings. The topological polar surface area (TPSA) is 59.1 Å². The largest absolute Gasteiger partial charge is 0.245 e. The first kappa shape index (κ1) is 17.2. The predicted octanol–water partition coefficient (Wildman–Crippen LogP) is 4.56. The van der Waals surface area contributed by atoms with Gasteiger partial charge in [0.15, 0.2) is 0 Å². The van der Waals surface area contributed by atoms with Crippen LogP contribution in [-0.4, -0.2) is 13.4 Å². The normalized spacial score (nSPS) is 13.4. The molecule has 21 heavy (non-hydrogen) atoms. The number of thiazole rings is 1. The molecule has 9 heteroatoms. The fraction of sp³-hybridized carbons (Fsp3) is 0.250. The highest BCUT2D eigenvalue weighted by molar-refractivity contribution is 9.10. The van der Waals surface area contributed by atoms with Crippen molar-refractivity contribution in [2.45, 2.75) is 24.8 Å². The average molecular weight is 430 g/mol. The quantitative estimate of drug-likeness (QED) is 0.774. The van der Waals surface area contributed by atoms with E-state index in [2.05, 4.69) is 25.6 Å². The molecule has 0 saturated heterocycles. The molecule has 2 aromatic rings. The van der Waals surface area contributed by atoms with Crippen LogP contribution < -0.4 is 4.72 Å². The molecule has 1 N–H and O–H groups in total. The highest BCUT2D eigenvalue weighted by atomic mass is 79.9. The molecule has 0 radical (unpaired) electrons. The zero-order valence-corrected chi connectivity index (χ0v) is 15.8. The third-order valence-corrected chi connectivity index (χ3v) is 6.64. The van der Waals surface area contributed by atoms with Crippen molar-refractivity contribution < 1.29 is 8.42 Å². The number of rotatable bonds is 4. The first-order valence-electron chi connectivity index (χ1n) is 5.79. The summed E-state index contributed by atoms with van der Waals surface area (Å²) in [5.41, 5.74) is 0.848. The summed E-state index contributed by atoms with van der Waals surface area (Å²) in [6, 6.07) is 2.50. The van der Waals surface area contributed by atoms with Crippen molar-refractivity contribution in [3.05, 3.63) is 42.7 Å². The Balaban J connectivity index is 2.35. The van der Waals surface area contributed by atoms with E-state index in [-0.39, 0.29) is 14.9 Å². The summed E-state index contributed by atoms with van der Waals surface area (Å²) in [7, 11) is -3.84. The molecule has 2 rings (SSSR count). The van der Waals surface area contributed by atoms with E-state index in [1.54, 1.807) is 6.92 Å². The summed E-state index contributed by atoms with van der Waals surface area (Å²) in [5, 5.41) is 2.66. The third-order valence-electron chi connectivity index (χ3n) is 2.57. The van der Waals surface area contributed by atoms with E-state index in [1.165, 1.54) is 23.5 Å². The van der Waals surface area contributed by atoms with Crippen LogP contribution in [0.1, 0.15) is 23.7 Å². The molecular weight excluding hydrogens is 419 g/mol. The molecule has 1 heterocycles. The number of halogens is 3. The van der Waals surface area contributed by atoms with Gasteiger partial charge in [0.25, 0.3) is 0 Å². The van der Waals surface area contributed by atoms with Gasteiger partial charge in [0.2, 0.25) is 10.0 Å². The van der Waals surface area contributed by atoms with Gasteiger partial charge in [0, 0.05) is 15.5 Å². The van der Waals surface area contributed by atoms with Gasteiger partial charge in [-0.3, -0.25) is 0 Å². The summed E-state index contributed by atoms with van der Waals surface area (Å²) in [6.07, 6.45) is 0. The van der Waals surface area contributed by atoms with E-state index >= 15 is 0 Å². The highest BCUT2D eigenvalue weighted by Crippen LogP contribution is 2.33. The van der Waals surface area contributed by atoms with Crippen molar-refractivity contribution in [3.8, 4) is 0 Å². The molecular formula is C12H11BrCl2N2O2S2. The van der Waals surface area contributed by atoms with E-state index in [1.807, 2.05) is 12.3 Å². The number of hydrogen-bond acceptors (Lipinski definition) is 4.